The third kappa shape index (κ3) is 3.98. The van der Waals surface area contributed by atoms with Crippen molar-refractivity contribution in [1.82, 2.24) is 9.97 Å². The molecule has 0 saturated heterocycles. The highest BCUT2D eigenvalue weighted by molar-refractivity contribution is 5.86. The van der Waals surface area contributed by atoms with E-state index in [0.717, 1.165) is 0 Å². The molecule has 0 atom stereocenters. The van der Waals surface area contributed by atoms with Gasteiger partial charge >= 0.3 is 0 Å². The van der Waals surface area contributed by atoms with Crippen molar-refractivity contribution in [3.05, 3.63) is 103 Å². The van der Waals surface area contributed by atoms with Crippen LogP contribution < -0.4 is 10.5 Å². The minimum atomic E-state index is -0.343. The number of nitrogens with zero attached hydrogens (tertiary/aromatic N) is 2. The molecule has 0 aliphatic heterocycles. The lowest BCUT2D eigenvalue weighted by Gasteiger charge is -2.12. The number of anilines is 1. The fourth-order valence-electron chi connectivity index (χ4n) is 3.39. The van der Waals surface area contributed by atoms with Gasteiger partial charge in [0.05, 0.1) is 22.4 Å². The number of halogens is 2. The lowest BCUT2D eigenvalue weighted by atomic mass is 10.0. The summed E-state index contributed by atoms with van der Waals surface area (Å²) in [6.07, 6.45) is 0. The molecular formula is C26H17F2N3O. The van der Waals surface area contributed by atoms with Crippen LogP contribution in [0.3, 0.4) is 0 Å². The third-order valence-electron chi connectivity index (χ3n) is 4.99. The summed E-state index contributed by atoms with van der Waals surface area (Å²) in [5.74, 6) is 0.560. The van der Waals surface area contributed by atoms with E-state index in [2.05, 4.69) is 0 Å². The fraction of sp³-hybridized carbons (Fsp3) is 0. The Hall–Kier alpha value is -4.32. The predicted molar refractivity (Wildman–Crippen MR) is 121 cm³/mol. The van der Waals surface area contributed by atoms with Crippen LogP contribution in [0.1, 0.15) is 0 Å². The van der Waals surface area contributed by atoms with Crippen molar-refractivity contribution in [2.24, 2.45) is 0 Å². The van der Waals surface area contributed by atoms with Crippen molar-refractivity contribution in [2.75, 3.05) is 5.73 Å². The monoisotopic (exact) mass is 425 g/mol. The van der Waals surface area contributed by atoms with Crippen molar-refractivity contribution >= 4 is 16.7 Å². The number of benzene rings is 4. The first kappa shape index (κ1) is 19.6. The number of hydrogen-bond donors (Lipinski definition) is 1. The molecule has 0 aliphatic rings. The van der Waals surface area contributed by atoms with Gasteiger partial charge in [0, 0.05) is 22.9 Å². The maximum Gasteiger partial charge on any atom is 0.129 e. The van der Waals surface area contributed by atoms with Crippen LogP contribution in [-0.2, 0) is 0 Å². The standard InChI is InChI=1S/C26H17F2N3O/c27-18-5-1-16(2-6-18)25-26(17-3-7-19(28)8-4-17)31-24-15-22(13-14-23(24)30-25)32-21-11-9-20(29)10-12-21/h1-15H,29H2. The van der Waals surface area contributed by atoms with Gasteiger partial charge in [-0.2, -0.15) is 0 Å². The van der Waals surface area contributed by atoms with Crippen LogP contribution in [0.15, 0.2) is 91.0 Å². The molecule has 0 amide bonds. The van der Waals surface area contributed by atoms with E-state index in [1.54, 1.807) is 60.7 Å². The van der Waals surface area contributed by atoms with Crippen molar-refractivity contribution in [2.45, 2.75) is 0 Å². The van der Waals surface area contributed by atoms with Crippen LogP contribution in [-0.4, -0.2) is 9.97 Å². The number of fused-ring (bicyclic) bond motifs is 1. The molecule has 5 rings (SSSR count). The van der Waals surface area contributed by atoms with Crippen LogP contribution in [0.25, 0.3) is 33.5 Å². The Morgan fingerprint density at radius 1 is 0.562 bits per heavy atom. The van der Waals surface area contributed by atoms with Crippen LogP contribution in [0.2, 0.25) is 0 Å². The summed E-state index contributed by atoms with van der Waals surface area (Å²) in [6, 6.07) is 24.6. The van der Waals surface area contributed by atoms with E-state index in [9.17, 15) is 8.78 Å². The highest BCUT2D eigenvalue weighted by Crippen LogP contribution is 2.33. The van der Waals surface area contributed by atoms with E-state index >= 15 is 0 Å². The summed E-state index contributed by atoms with van der Waals surface area (Å²) < 4.78 is 32.9. The highest BCUT2D eigenvalue weighted by atomic mass is 19.1. The van der Waals surface area contributed by atoms with Gasteiger partial charge in [-0.15, -0.1) is 0 Å². The average molecular weight is 425 g/mol. The molecule has 1 heterocycles. The molecule has 0 bridgehead atoms. The number of aromatic nitrogens is 2. The Morgan fingerprint density at radius 3 is 1.62 bits per heavy atom. The second-order valence-corrected chi connectivity index (χ2v) is 7.26. The van der Waals surface area contributed by atoms with E-state index in [-0.39, 0.29) is 11.6 Å². The molecule has 4 nitrogen and oxygen atoms in total. The molecule has 0 unspecified atom stereocenters. The lowest BCUT2D eigenvalue weighted by molar-refractivity contribution is 0.483. The van der Waals surface area contributed by atoms with E-state index in [4.69, 9.17) is 20.4 Å². The zero-order valence-electron chi connectivity index (χ0n) is 16.8. The third-order valence-corrected chi connectivity index (χ3v) is 4.99. The molecule has 4 aromatic carbocycles. The van der Waals surface area contributed by atoms with Gasteiger partial charge in [0.2, 0.25) is 0 Å². The number of nitrogen functional groups attached to an aromatic ring is 1. The quantitative estimate of drug-likeness (QED) is 0.329. The van der Waals surface area contributed by atoms with E-state index in [0.29, 0.717) is 50.7 Å². The van der Waals surface area contributed by atoms with Gasteiger partial charge in [-0.1, -0.05) is 0 Å². The average Bonchev–Trinajstić information content (AvgIpc) is 2.81. The van der Waals surface area contributed by atoms with E-state index < -0.39 is 0 Å². The van der Waals surface area contributed by atoms with Crippen LogP contribution >= 0.6 is 0 Å². The molecule has 6 heteroatoms. The van der Waals surface area contributed by atoms with Gasteiger partial charge in [0.25, 0.3) is 0 Å². The first-order chi connectivity index (χ1) is 15.5. The first-order valence-corrected chi connectivity index (χ1v) is 9.92. The van der Waals surface area contributed by atoms with Gasteiger partial charge in [-0.3, -0.25) is 0 Å². The molecule has 1 aromatic heterocycles. The van der Waals surface area contributed by atoms with Gasteiger partial charge in [-0.25, -0.2) is 18.7 Å². The van der Waals surface area contributed by atoms with E-state index in [1.807, 2.05) is 6.07 Å². The summed E-state index contributed by atoms with van der Waals surface area (Å²) in [5.41, 5.74) is 10.2. The Morgan fingerprint density at radius 2 is 1.06 bits per heavy atom. The predicted octanol–water partition coefficient (Wildman–Crippen LogP) is 6.62. The van der Waals surface area contributed by atoms with Crippen LogP contribution in [0.5, 0.6) is 11.5 Å². The summed E-state index contributed by atoms with van der Waals surface area (Å²) in [7, 11) is 0. The SMILES string of the molecule is Nc1ccc(Oc2ccc3nc(-c4ccc(F)cc4)c(-c4ccc(F)cc4)nc3c2)cc1. The van der Waals surface area contributed by atoms with Gasteiger partial charge < -0.3 is 10.5 Å². The Labute approximate surface area is 183 Å². The van der Waals surface area contributed by atoms with Crippen molar-refractivity contribution in [3.8, 4) is 34.0 Å². The molecular weight excluding hydrogens is 408 g/mol. The zero-order valence-corrected chi connectivity index (χ0v) is 16.8. The summed E-state index contributed by atoms with van der Waals surface area (Å²) in [4.78, 5) is 9.59. The Bertz CT molecular complexity index is 1400. The summed E-state index contributed by atoms with van der Waals surface area (Å²) >= 11 is 0. The van der Waals surface area contributed by atoms with Crippen LogP contribution in [0, 0.1) is 11.6 Å². The molecule has 0 saturated carbocycles. The van der Waals surface area contributed by atoms with Gasteiger partial charge in [-0.05, 0) is 84.9 Å². The number of ether oxygens (including phenoxy) is 1. The molecule has 0 fully saturated rings. The van der Waals surface area contributed by atoms with Crippen molar-refractivity contribution in [1.29, 1.82) is 0 Å². The minimum Gasteiger partial charge on any atom is -0.457 e. The number of rotatable bonds is 4. The molecule has 5 aromatic rings. The molecule has 156 valence electrons. The van der Waals surface area contributed by atoms with Crippen LogP contribution in [0.4, 0.5) is 14.5 Å². The van der Waals surface area contributed by atoms with Gasteiger partial charge in [0.15, 0.2) is 0 Å². The molecule has 0 radical (unpaired) electrons. The van der Waals surface area contributed by atoms with Crippen molar-refractivity contribution < 1.29 is 13.5 Å². The highest BCUT2D eigenvalue weighted by Gasteiger charge is 2.14. The smallest absolute Gasteiger partial charge is 0.129 e. The van der Waals surface area contributed by atoms with Crippen molar-refractivity contribution in [3.63, 3.8) is 0 Å². The number of hydrogen-bond acceptors (Lipinski definition) is 4. The largest absolute Gasteiger partial charge is 0.457 e. The topological polar surface area (TPSA) is 61.0 Å². The summed E-state index contributed by atoms with van der Waals surface area (Å²) in [5, 5.41) is 0. The second-order valence-electron chi connectivity index (χ2n) is 7.26. The molecule has 0 spiro atoms. The summed E-state index contributed by atoms with van der Waals surface area (Å²) in [6.45, 7) is 0. The molecule has 32 heavy (non-hydrogen) atoms. The maximum absolute atomic E-state index is 13.5. The molecule has 0 aliphatic carbocycles. The molecule has 2 N–H and O–H groups in total. The van der Waals surface area contributed by atoms with Gasteiger partial charge in [0.1, 0.15) is 23.1 Å². The first-order valence-electron chi connectivity index (χ1n) is 9.92. The second kappa shape index (κ2) is 8.07. The number of nitrogens with two attached hydrogens (primary N) is 1. The minimum absolute atomic E-state index is 0.338. The fourth-order valence-corrected chi connectivity index (χ4v) is 3.39. The lowest BCUT2D eigenvalue weighted by Crippen LogP contribution is -1.96. The van der Waals surface area contributed by atoms with E-state index in [1.165, 1.54) is 24.3 Å². The Kier molecular flexibility index (Phi) is 4.95. The normalized spacial score (nSPS) is 10.9. The Balaban J connectivity index is 1.63. The zero-order chi connectivity index (χ0) is 22.1. The maximum atomic E-state index is 13.5.